The molecular formula is C16H22Cl2N2O. The van der Waals surface area contributed by atoms with Crippen molar-refractivity contribution in [2.75, 3.05) is 13.1 Å². The van der Waals surface area contributed by atoms with Gasteiger partial charge in [0.05, 0.1) is 5.54 Å². The van der Waals surface area contributed by atoms with E-state index in [2.05, 4.69) is 16.7 Å². The van der Waals surface area contributed by atoms with E-state index in [0.717, 1.165) is 42.9 Å². The number of halogens is 2. The summed E-state index contributed by atoms with van der Waals surface area (Å²) >= 11 is 6.04. The molecule has 1 saturated carbocycles. The molecule has 0 radical (unpaired) electrons. The SMILES string of the molecule is Cl.O=C(CCC1CCNC1)NC1(c2cccc(Cl)c2)CC1. The predicted octanol–water partition coefficient (Wildman–Crippen LogP) is 3.26. The second-order valence-electron chi connectivity index (χ2n) is 6.04. The van der Waals surface area contributed by atoms with Crippen molar-refractivity contribution in [2.24, 2.45) is 5.92 Å². The van der Waals surface area contributed by atoms with E-state index in [9.17, 15) is 4.79 Å². The third-order valence-corrected chi connectivity index (χ3v) is 4.68. The van der Waals surface area contributed by atoms with E-state index in [1.165, 1.54) is 6.42 Å². The maximum atomic E-state index is 12.1. The molecule has 1 aliphatic carbocycles. The Morgan fingerprint density at radius 3 is 2.86 bits per heavy atom. The molecule has 3 rings (SSSR count). The molecule has 21 heavy (non-hydrogen) atoms. The van der Waals surface area contributed by atoms with Crippen molar-refractivity contribution in [1.82, 2.24) is 10.6 Å². The molecule has 1 aliphatic heterocycles. The van der Waals surface area contributed by atoms with Crippen LogP contribution in [0.1, 0.15) is 37.7 Å². The maximum absolute atomic E-state index is 12.1. The lowest BCUT2D eigenvalue weighted by Gasteiger charge is -2.19. The standard InChI is InChI=1S/C16H21ClN2O.ClH/c17-14-3-1-2-13(10-14)16(7-8-16)19-15(20)5-4-12-6-9-18-11-12;/h1-3,10,12,18H,4-9,11H2,(H,19,20);1H. The lowest BCUT2D eigenvalue weighted by Crippen LogP contribution is -2.35. The molecule has 0 bridgehead atoms. The number of hydrogen-bond acceptors (Lipinski definition) is 2. The lowest BCUT2D eigenvalue weighted by atomic mass is 10.0. The highest BCUT2D eigenvalue weighted by Crippen LogP contribution is 2.46. The van der Waals surface area contributed by atoms with E-state index in [1.807, 2.05) is 18.2 Å². The van der Waals surface area contributed by atoms with Crippen LogP contribution in [0.5, 0.6) is 0 Å². The summed E-state index contributed by atoms with van der Waals surface area (Å²) in [6.07, 6.45) is 4.86. The Labute approximate surface area is 137 Å². The quantitative estimate of drug-likeness (QED) is 0.871. The van der Waals surface area contributed by atoms with Crippen molar-refractivity contribution in [2.45, 2.75) is 37.6 Å². The third-order valence-electron chi connectivity index (χ3n) is 4.45. The van der Waals surface area contributed by atoms with Crippen LogP contribution in [0.2, 0.25) is 5.02 Å². The van der Waals surface area contributed by atoms with Crippen LogP contribution < -0.4 is 10.6 Å². The van der Waals surface area contributed by atoms with E-state index >= 15 is 0 Å². The third kappa shape index (κ3) is 4.12. The summed E-state index contributed by atoms with van der Waals surface area (Å²) in [5, 5.41) is 7.30. The molecule has 5 heteroatoms. The Hall–Kier alpha value is -0.770. The van der Waals surface area contributed by atoms with Crippen LogP contribution in [0.4, 0.5) is 0 Å². The summed E-state index contributed by atoms with van der Waals surface area (Å²) in [6.45, 7) is 2.16. The van der Waals surface area contributed by atoms with Crippen molar-refractivity contribution in [3.63, 3.8) is 0 Å². The molecule has 3 nitrogen and oxygen atoms in total. The Kier molecular flexibility index (Phi) is 5.53. The van der Waals surface area contributed by atoms with Crippen molar-refractivity contribution in [1.29, 1.82) is 0 Å². The Balaban J connectivity index is 0.00000161. The second kappa shape index (κ2) is 6.99. The lowest BCUT2D eigenvalue weighted by molar-refractivity contribution is -0.122. The highest BCUT2D eigenvalue weighted by molar-refractivity contribution is 6.30. The minimum atomic E-state index is -0.143. The summed E-state index contributed by atoms with van der Waals surface area (Å²) in [7, 11) is 0. The average molecular weight is 329 g/mol. The van der Waals surface area contributed by atoms with Gasteiger partial charge in [-0.2, -0.15) is 0 Å². The molecule has 2 fully saturated rings. The number of benzene rings is 1. The van der Waals surface area contributed by atoms with Gasteiger partial charge in [0.15, 0.2) is 0 Å². The fourth-order valence-corrected chi connectivity index (χ4v) is 3.21. The van der Waals surface area contributed by atoms with Crippen LogP contribution in [-0.4, -0.2) is 19.0 Å². The van der Waals surface area contributed by atoms with Crippen LogP contribution in [0.3, 0.4) is 0 Å². The van der Waals surface area contributed by atoms with Crippen molar-refractivity contribution in [3.8, 4) is 0 Å². The molecule has 1 heterocycles. The van der Waals surface area contributed by atoms with E-state index in [4.69, 9.17) is 11.6 Å². The minimum absolute atomic E-state index is 0. The summed E-state index contributed by atoms with van der Waals surface area (Å²) in [6, 6.07) is 7.85. The number of rotatable bonds is 5. The van der Waals surface area contributed by atoms with Gasteiger partial charge in [0, 0.05) is 11.4 Å². The molecule has 116 valence electrons. The van der Waals surface area contributed by atoms with Gasteiger partial charge < -0.3 is 10.6 Å². The average Bonchev–Trinajstić information content (AvgIpc) is 3.02. The number of hydrogen-bond donors (Lipinski definition) is 2. The molecule has 1 aromatic rings. The highest BCUT2D eigenvalue weighted by Gasteiger charge is 2.45. The van der Waals surface area contributed by atoms with Gasteiger partial charge in [-0.15, -0.1) is 12.4 Å². The molecule has 1 unspecified atom stereocenters. The first kappa shape index (κ1) is 16.6. The van der Waals surface area contributed by atoms with Crippen molar-refractivity contribution in [3.05, 3.63) is 34.9 Å². The van der Waals surface area contributed by atoms with Crippen molar-refractivity contribution < 1.29 is 4.79 Å². The van der Waals surface area contributed by atoms with Gasteiger partial charge in [0.2, 0.25) is 5.91 Å². The largest absolute Gasteiger partial charge is 0.347 e. The van der Waals surface area contributed by atoms with Crippen molar-refractivity contribution >= 4 is 29.9 Å². The number of carbonyl (C=O) groups is 1. The van der Waals surface area contributed by atoms with Crippen LogP contribution in [0.15, 0.2) is 24.3 Å². The molecule has 0 aromatic heterocycles. The topological polar surface area (TPSA) is 41.1 Å². The zero-order valence-corrected chi connectivity index (χ0v) is 13.6. The zero-order valence-electron chi connectivity index (χ0n) is 12.0. The first-order valence-electron chi connectivity index (χ1n) is 7.46. The van der Waals surface area contributed by atoms with Gasteiger partial charge in [-0.1, -0.05) is 23.7 Å². The molecule has 2 aliphatic rings. The van der Waals surface area contributed by atoms with Crippen LogP contribution in [-0.2, 0) is 10.3 Å². The summed E-state index contributed by atoms with van der Waals surface area (Å²) in [5.41, 5.74) is 0.997. The molecule has 1 amide bonds. The number of nitrogens with one attached hydrogen (secondary N) is 2. The smallest absolute Gasteiger partial charge is 0.220 e. The summed E-state index contributed by atoms with van der Waals surface area (Å²) in [4.78, 5) is 12.1. The van der Waals surface area contributed by atoms with Gasteiger partial charge in [0.25, 0.3) is 0 Å². The molecule has 1 atom stereocenters. The Bertz CT molecular complexity index is 497. The predicted molar refractivity (Wildman–Crippen MR) is 88.0 cm³/mol. The van der Waals surface area contributed by atoms with E-state index < -0.39 is 0 Å². The Morgan fingerprint density at radius 1 is 1.43 bits per heavy atom. The molecule has 1 saturated heterocycles. The zero-order chi connectivity index (χ0) is 14.0. The summed E-state index contributed by atoms with van der Waals surface area (Å²) < 4.78 is 0. The van der Waals surface area contributed by atoms with Gasteiger partial charge in [-0.3, -0.25) is 4.79 Å². The van der Waals surface area contributed by atoms with E-state index in [0.29, 0.717) is 12.3 Å². The van der Waals surface area contributed by atoms with E-state index in [1.54, 1.807) is 0 Å². The monoisotopic (exact) mass is 328 g/mol. The summed E-state index contributed by atoms with van der Waals surface area (Å²) in [5.74, 6) is 0.844. The van der Waals surface area contributed by atoms with E-state index in [-0.39, 0.29) is 23.9 Å². The number of carbonyl (C=O) groups excluding carboxylic acids is 1. The normalized spacial score (nSPS) is 22.4. The van der Waals surface area contributed by atoms with Crippen LogP contribution >= 0.6 is 24.0 Å². The van der Waals surface area contributed by atoms with Gasteiger partial charge in [0.1, 0.15) is 0 Å². The molecular weight excluding hydrogens is 307 g/mol. The maximum Gasteiger partial charge on any atom is 0.220 e. The molecule has 1 aromatic carbocycles. The van der Waals surface area contributed by atoms with Gasteiger partial charge in [-0.05, 0) is 62.4 Å². The van der Waals surface area contributed by atoms with Crippen LogP contribution in [0.25, 0.3) is 0 Å². The van der Waals surface area contributed by atoms with Crippen LogP contribution in [0, 0.1) is 5.92 Å². The highest BCUT2D eigenvalue weighted by atomic mass is 35.5. The first-order chi connectivity index (χ1) is 9.68. The Morgan fingerprint density at radius 2 is 2.24 bits per heavy atom. The molecule has 2 N–H and O–H groups in total. The molecule has 0 spiro atoms. The number of amides is 1. The van der Waals surface area contributed by atoms with Gasteiger partial charge in [-0.25, -0.2) is 0 Å². The second-order valence-corrected chi connectivity index (χ2v) is 6.47. The van der Waals surface area contributed by atoms with Gasteiger partial charge >= 0.3 is 0 Å². The minimum Gasteiger partial charge on any atom is -0.347 e. The fraction of sp³-hybridized carbons (Fsp3) is 0.562. The first-order valence-corrected chi connectivity index (χ1v) is 7.83. The fourth-order valence-electron chi connectivity index (χ4n) is 3.02.